The third-order valence-corrected chi connectivity index (χ3v) is 5.14. The molecule has 1 aliphatic rings. The van der Waals surface area contributed by atoms with Crippen molar-refractivity contribution >= 4 is 11.9 Å². The van der Waals surface area contributed by atoms with Gasteiger partial charge >= 0.3 is 0 Å². The number of nitrogens with one attached hydrogen (secondary N) is 1. The summed E-state index contributed by atoms with van der Waals surface area (Å²) in [5.41, 5.74) is 1.64. The molecule has 2 aromatic rings. The van der Waals surface area contributed by atoms with E-state index in [0.29, 0.717) is 18.2 Å². The van der Waals surface area contributed by atoms with Crippen LogP contribution in [0.1, 0.15) is 68.4 Å². The van der Waals surface area contributed by atoms with Crippen LogP contribution < -0.4 is 10.2 Å². The van der Waals surface area contributed by atoms with Gasteiger partial charge in [0.1, 0.15) is 5.69 Å². The van der Waals surface area contributed by atoms with Crippen LogP contribution in [0.5, 0.6) is 0 Å². The van der Waals surface area contributed by atoms with Gasteiger partial charge in [0.05, 0.1) is 0 Å². The zero-order chi connectivity index (χ0) is 19.1. The van der Waals surface area contributed by atoms with Gasteiger partial charge < -0.3 is 10.2 Å². The molecule has 5 heteroatoms. The fourth-order valence-corrected chi connectivity index (χ4v) is 3.56. The van der Waals surface area contributed by atoms with Crippen molar-refractivity contribution in [1.82, 2.24) is 15.3 Å². The Morgan fingerprint density at radius 3 is 2.48 bits per heavy atom. The van der Waals surface area contributed by atoms with Gasteiger partial charge in [0.15, 0.2) is 0 Å². The van der Waals surface area contributed by atoms with Crippen molar-refractivity contribution in [3.63, 3.8) is 0 Å². The molecule has 1 amide bonds. The maximum absolute atomic E-state index is 12.7. The van der Waals surface area contributed by atoms with Crippen LogP contribution in [0.25, 0.3) is 0 Å². The molecule has 0 spiro atoms. The summed E-state index contributed by atoms with van der Waals surface area (Å²) >= 11 is 0. The van der Waals surface area contributed by atoms with Gasteiger partial charge in [-0.2, -0.15) is 0 Å². The smallest absolute Gasteiger partial charge is 0.270 e. The fourth-order valence-electron chi connectivity index (χ4n) is 3.56. The molecule has 0 aliphatic heterocycles. The topological polar surface area (TPSA) is 58.1 Å². The van der Waals surface area contributed by atoms with Gasteiger partial charge in [0.2, 0.25) is 5.95 Å². The van der Waals surface area contributed by atoms with E-state index in [0.717, 1.165) is 12.8 Å². The molecule has 1 fully saturated rings. The normalized spacial score (nSPS) is 15.4. The number of rotatable bonds is 6. The average Bonchev–Trinajstić information content (AvgIpc) is 2.95. The Balaban J connectivity index is 1.73. The molecule has 0 atom stereocenters. The van der Waals surface area contributed by atoms with Gasteiger partial charge in [-0.1, -0.05) is 56.0 Å². The lowest BCUT2D eigenvalue weighted by molar-refractivity contribution is 0.0928. The number of amides is 1. The molecular formula is C22H30N4O. The minimum Gasteiger partial charge on any atom is -0.348 e. The number of carbonyl (C=O) groups excluding carboxylic acids is 1. The Morgan fingerprint density at radius 2 is 1.81 bits per heavy atom. The Kier molecular flexibility index (Phi) is 6.80. The molecule has 3 rings (SSSR count). The van der Waals surface area contributed by atoms with Crippen molar-refractivity contribution in [3.05, 3.63) is 53.9 Å². The Hall–Kier alpha value is -2.43. The molecule has 5 nitrogen and oxygen atoms in total. The van der Waals surface area contributed by atoms with Crippen LogP contribution in [-0.2, 0) is 6.54 Å². The molecule has 27 heavy (non-hydrogen) atoms. The van der Waals surface area contributed by atoms with E-state index in [9.17, 15) is 4.79 Å². The summed E-state index contributed by atoms with van der Waals surface area (Å²) in [5, 5.41) is 3.17. The minimum atomic E-state index is -0.0889. The molecule has 1 aromatic carbocycles. The molecule has 1 saturated carbocycles. The molecule has 1 aromatic heterocycles. The third-order valence-electron chi connectivity index (χ3n) is 5.14. The average molecular weight is 367 g/mol. The van der Waals surface area contributed by atoms with E-state index in [1.54, 1.807) is 12.3 Å². The number of nitrogens with zero attached hydrogens (tertiary/aromatic N) is 3. The minimum absolute atomic E-state index is 0.0889. The monoisotopic (exact) mass is 366 g/mol. The lowest BCUT2D eigenvalue weighted by Crippen LogP contribution is -2.36. The Morgan fingerprint density at radius 1 is 1.11 bits per heavy atom. The molecule has 144 valence electrons. The largest absolute Gasteiger partial charge is 0.348 e. The summed E-state index contributed by atoms with van der Waals surface area (Å²) in [6.45, 7) is 4.95. The first kappa shape index (κ1) is 19.3. The standard InChI is InChI=1S/C22H30N4O/c1-17(2)26(16-18-10-6-5-7-11-18)22-23-15-14-20(25-22)21(27)24-19-12-8-3-4-9-13-19/h5-7,10-11,14-15,17,19H,3-4,8-9,12-13,16H2,1-2H3,(H,24,27). The van der Waals surface area contributed by atoms with Crippen molar-refractivity contribution in [2.75, 3.05) is 4.90 Å². The Bertz CT molecular complexity index is 724. The predicted molar refractivity (Wildman–Crippen MR) is 109 cm³/mol. The summed E-state index contributed by atoms with van der Waals surface area (Å²) in [6, 6.07) is 12.5. The van der Waals surface area contributed by atoms with E-state index in [1.165, 1.54) is 31.2 Å². The number of carbonyl (C=O) groups is 1. The van der Waals surface area contributed by atoms with Crippen molar-refractivity contribution < 1.29 is 4.79 Å². The van der Waals surface area contributed by atoms with E-state index in [-0.39, 0.29) is 18.0 Å². The Labute approximate surface area is 162 Å². The molecule has 0 unspecified atom stereocenters. The number of hydrogen-bond acceptors (Lipinski definition) is 4. The molecule has 1 aliphatic carbocycles. The van der Waals surface area contributed by atoms with E-state index in [4.69, 9.17) is 0 Å². The second-order valence-corrected chi connectivity index (χ2v) is 7.61. The number of anilines is 1. The quantitative estimate of drug-likeness (QED) is 0.773. The fraction of sp³-hybridized carbons (Fsp3) is 0.500. The zero-order valence-electron chi connectivity index (χ0n) is 16.4. The van der Waals surface area contributed by atoms with Gasteiger partial charge in [0.25, 0.3) is 5.91 Å². The first-order valence-electron chi connectivity index (χ1n) is 10.1. The number of hydrogen-bond donors (Lipinski definition) is 1. The van der Waals surface area contributed by atoms with Crippen LogP contribution in [0.15, 0.2) is 42.6 Å². The van der Waals surface area contributed by atoms with Crippen LogP contribution in [0.3, 0.4) is 0 Å². The summed E-state index contributed by atoms with van der Waals surface area (Å²) in [4.78, 5) is 23.8. The predicted octanol–water partition coefficient (Wildman–Crippen LogP) is 4.34. The molecule has 0 radical (unpaired) electrons. The van der Waals surface area contributed by atoms with Crippen LogP contribution in [0.2, 0.25) is 0 Å². The van der Waals surface area contributed by atoms with E-state index >= 15 is 0 Å². The first-order chi connectivity index (χ1) is 13.1. The van der Waals surface area contributed by atoms with E-state index in [1.807, 2.05) is 18.2 Å². The van der Waals surface area contributed by atoms with E-state index in [2.05, 4.69) is 46.2 Å². The van der Waals surface area contributed by atoms with Crippen molar-refractivity contribution in [2.24, 2.45) is 0 Å². The van der Waals surface area contributed by atoms with E-state index < -0.39 is 0 Å². The van der Waals surface area contributed by atoms with Crippen LogP contribution in [0, 0.1) is 0 Å². The molecule has 0 bridgehead atoms. The van der Waals surface area contributed by atoms with Gasteiger partial charge in [-0.15, -0.1) is 0 Å². The second-order valence-electron chi connectivity index (χ2n) is 7.61. The molecule has 1 N–H and O–H groups in total. The maximum atomic E-state index is 12.7. The highest BCUT2D eigenvalue weighted by molar-refractivity contribution is 5.92. The number of aromatic nitrogens is 2. The highest BCUT2D eigenvalue weighted by atomic mass is 16.1. The molecule has 0 saturated heterocycles. The van der Waals surface area contributed by atoms with Gasteiger partial charge in [0, 0.05) is 24.8 Å². The summed E-state index contributed by atoms with van der Waals surface area (Å²) in [6.07, 6.45) is 8.74. The first-order valence-corrected chi connectivity index (χ1v) is 10.1. The SMILES string of the molecule is CC(C)N(Cc1ccccc1)c1nccc(C(=O)NC2CCCCCC2)n1. The summed E-state index contributed by atoms with van der Waals surface area (Å²) < 4.78 is 0. The molecular weight excluding hydrogens is 336 g/mol. The highest BCUT2D eigenvalue weighted by Crippen LogP contribution is 2.19. The van der Waals surface area contributed by atoms with Crippen molar-refractivity contribution in [1.29, 1.82) is 0 Å². The zero-order valence-corrected chi connectivity index (χ0v) is 16.4. The van der Waals surface area contributed by atoms with Gasteiger partial charge in [-0.25, -0.2) is 9.97 Å². The van der Waals surface area contributed by atoms with Gasteiger partial charge in [-0.3, -0.25) is 4.79 Å². The lowest BCUT2D eigenvalue weighted by atomic mass is 10.1. The second kappa shape index (κ2) is 9.49. The summed E-state index contributed by atoms with van der Waals surface area (Å²) in [7, 11) is 0. The molecule has 1 heterocycles. The van der Waals surface area contributed by atoms with Crippen LogP contribution in [-0.4, -0.2) is 28.0 Å². The third kappa shape index (κ3) is 5.52. The highest BCUT2D eigenvalue weighted by Gasteiger charge is 2.19. The number of benzene rings is 1. The summed E-state index contributed by atoms with van der Waals surface area (Å²) in [5.74, 6) is 0.510. The van der Waals surface area contributed by atoms with Crippen molar-refractivity contribution in [3.8, 4) is 0 Å². The van der Waals surface area contributed by atoms with Gasteiger partial charge in [-0.05, 0) is 38.3 Å². The van der Waals surface area contributed by atoms with Crippen LogP contribution >= 0.6 is 0 Å². The van der Waals surface area contributed by atoms with Crippen LogP contribution in [0.4, 0.5) is 5.95 Å². The maximum Gasteiger partial charge on any atom is 0.270 e. The lowest BCUT2D eigenvalue weighted by Gasteiger charge is -2.27. The van der Waals surface area contributed by atoms with Crippen molar-refractivity contribution in [2.45, 2.75) is 71.0 Å².